The first-order valence-corrected chi connectivity index (χ1v) is 9.10. The Labute approximate surface area is 164 Å². The van der Waals surface area contributed by atoms with Gasteiger partial charge in [0.15, 0.2) is 0 Å². The van der Waals surface area contributed by atoms with Gasteiger partial charge in [-0.05, 0) is 66.9 Å². The molecule has 0 spiro atoms. The van der Waals surface area contributed by atoms with Crippen LogP contribution in [-0.4, -0.2) is 47.5 Å². The Hall–Kier alpha value is -3.19. The summed E-state index contributed by atoms with van der Waals surface area (Å²) in [5.41, 5.74) is 3.44. The zero-order chi connectivity index (χ0) is 19.6. The van der Waals surface area contributed by atoms with E-state index in [4.69, 9.17) is 14.2 Å². The van der Waals surface area contributed by atoms with Crippen LogP contribution in [0.1, 0.15) is 16.7 Å². The standard InChI is InChI=1S/C21H24N4O3/c1-17-3-6-21(13-18(17)2)28-12-10-26-9-11-27-20-7-4-19(5-8-20)14-24-25-15-22-23-16-25/h3-8,13-16H,9-12H2,1-2H3/b24-14+. The molecule has 0 aliphatic carbocycles. The maximum Gasteiger partial charge on any atom is 0.141 e. The molecule has 0 amide bonds. The molecule has 0 unspecified atom stereocenters. The van der Waals surface area contributed by atoms with Crippen LogP contribution >= 0.6 is 0 Å². The van der Waals surface area contributed by atoms with E-state index in [1.807, 2.05) is 36.4 Å². The Morgan fingerprint density at radius 1 is 0.821 bits per heavy atom. The summed E-state index contributed by atoms with van der Waals surface area (Å²) in [5, 5.41) is 11.6. The average molecular weight is 380 g/mol. The molecule has 146 valence electrons. The van der Waals surface area contributed by atoms with E-state index in [0.717, 1.165) is 17.1 Å². The number of hydrogen-bond donors (Lipinski definition) is 0. The normalized spacial score (nSPS) is 11.1. The largest absolute Gasteiger partial charge is 0.491 e. The van der Waals surface area contributed by atoms with E-state index < -0.39 is 0 Å². The van der Waals surface area contributed by atoms with E-state index in [-0.39, 0.29) is 0 Å². The van der Waals surface area contributed by atoms with Gasteiger partial charge in [-0.25, -0.2) is 4.68 Å². The Morgan fingerprint density at radius 3 is 2.14 bits per heavy atom. The molecule has 0 radical (unpaired) electrons. The lowest BCUT2D eigenvalue weighted by Gasteiger charge is -2.10. The van der Waals surface area contributed by atoms with Crippen molar-refractivity contribution in [3.8, 4) is 11.5 Å². The topological polar surface area (TPSA) is 70.8 Å². The predicted molar refractivity (Wildman–Crippen MR) is 107 cm³/mol. The van der Waals surface area contributed by atoms with Crippen LogP contribution in [0.3, 0.4) is 0 Å². The van der Waals surface area contributed by atoms with Crippen LogP contribution in [0.25, 0.3) is 0 Å². The van der Waals surface area contributed by atoms with Gasteiger partial charge in [-0.1, -0.05) is 6.07 Å². The van der Waals surface area contributed by atoms with Gasteiger partial charge in [-0.15, -0.1) is 10.2 Å². The molecule has 0 aliphatic heterocycles. The van der Waals surface area contributed by atoms with Crippen molar-refractivity contribution in [3.05, 3.63) is 71.8 Å². The van der Waals surface area contributed by atoms with Crippen LogP contribution in [0.2, 0.25) is 0 Å². The van der Waals surface area contributed by atoms with Crippen LogP contribution in [0.4, 0.5) is 0 Å². The van der Waals surface area contributed by atoms with Crippen molar-refractivity contribution in [1.82, 2.24) is 14.9 Å². The lowest BCUT2D eigenvalue weighted by atomic mass is 10.1. The molecular weight excluding hydrogens is 356 g/mol. The Bertz CT molecular complexity index is 877. The number of ether oxygens (including phenoxy) is 3. The smallest absolute Gasteiger partial charge is 0.141 e. The van der Waals surface area contributed by atoms with Crippen LogP contribution < -0.4 is 9.47 Å². The summed E-state index contributed by atoms with van der Waals surface area (Å²) in [7, 11) is 0. The molecule has 0 N–H and O–H groups in total. The zero-order valence-electron chi connectivity index (χ0n) is 16.1. The second-order valence-electron chi connectivity index (χ2n) is 6.21. The fourth-order valence-corrected chi connectivity index (χ4v) is 2.38. The van der Waals surface area contributed by atoms with Crippen molar-refractivity contribution in [2.24, 2.45) is 5.10 Å². The number of hydrogen-bond acceptors (Lipinski definition) is 6. The third-order valence-electron chi connectivity index (χ3n) is 4.10. The van der Waals surface area contributed by atoms with Gasteiger partial charge in [-0.2, -0.15) is 5.10 Å². The van der Waals surface area contributed by atoms with E-state index in [2.05, 4.69) is 35.2 Å². The fourth-order valence-electron chi connectivity index (χ4n) is 2.38. The molecule has 0 aliphatic rings. The van der Waals surface area contributed by atoms with Gasteiger partial charge in [0.2, 0.25) is 0 Å². The number of aryl methyl sites for hydroxylation is 2. The van der Waals surface area contributed by atoms with Crippen LogP contribution in [0.5, 0.6) is 11.5 Å². The SMILES string of the molecule is Cc1ccc(OCCOCCOc2ccc(/C=N/n3cnnc3)cc2)cc1C. The van der Waals surface area contributed by atoms with Crippen molar-refractivity contribution >= 4 is 6.21 Å². The first-order chi connectivity index (χ1) is 13.7. The van der Waals surface area contributed by atoms with E-state index in [1.165, 1.54) is 28.5 Å². The maximum atomic E-state index is 5.68. The second-order valence-corrected chi connectivity index (χ2v) is 6.21. The molecule has 28 heavy (non-hydrogen) atoms. The number of benzene rings is 2. The molecule has 7 nitrogen and oxygen atoms in total. The Balaban J connectivity index is 1.29. The van der Waals surface area contributed by atoms with E-state index >= 15 is 0 Å². The molecule has 0 saturated heterocycles. The maximum absolute atomic E-state index is 5.68. The summed E-state index contributed by atoms with van der Waals surface area (Å²) in [4.78, 5) is 0. The minimum atomic E-state index is 0.484. The molecule has 3 rings (SSSR count). The quantitative estimate of drug-likeness (QED) is 0.399. The Morgan fingerprint density at radius 2 is 1.46 bits per heavy atom. The van der Waals surface area contributed by atoms with Gasteiger partial charge >= 0.3 is 0 Å². The van der Waals surface area contributed by atoms with Gasteiger partial charge in [0.1, 0.15) is 37.4 Å². The summed E-state index contributed by atoms with van der Waals surface area (Å²) in [6, 6.07) is 13.7. The van der Waals surface area contributed by atoms with Crippen LogP contribution in [-0.2, 0) is 4.74 Å². The first-order valence-electron chi connectivity index (χ1n) is 9.10. The number of nitrogens with zero attached hydrogens (tertiary/aromatic N) is 4. The fraction of sp³-hybridized carbons (Fsp3) is 0.286. The third-order valence-corrected chi connectivity index (χ3v) is 4.10. The molecule has 0 atom stereocenters. The molecule has 2 aromatic carbocycles. The monoisotopic (exact) mass is 380 g/mol. The van der Waals surface area contributed by atoms with Gasteiger partial charge < -0.3 is 14.2 Å². The van der Waals surface area contributed by atoms with E-state index in [1.54, 1.807) is 6.21 Å². The van der Waals surface area contributed by atoms with Gasteiger partial charge in [0.05, 0.1) is 19.4 Å². The zero-order valence-corrected chi connectivity index (χ0v) is 16.1. The molecule has 7 heteroatoms. The minimum absolute atomic E-state index is 0.484. The van der Waals surface area contributed by atoms with Crippen molar-refractivity contribution in [1.29, 1.82) is 0 Å². The van der Waals surface area contributed by atoms with Crippen molar-refractivity contribution in [2.45, 2.75) is 13.8 Å². The summed E-state index contributed by atoms with van der Waals surface area (Å²) in [6.45, 7) is 6.19. The lowest BCUT2D eigenvalue weighted by molar-refractivity contribution is 0.0764. The number of aromatic nitrogens is 3. The molecule has 1 heterocycles. The second kappa shape index (κ2) is 10.2. The molecule has 1 aromatic heterocycles. The summed E-state index contributed by atoms with van der Waals surface area (Å²) < 4.78 is 18.4. The van der Waals surface area contributed by atoms with Crippen LogP contribution in [0.15, 0.2) is 60.2 Å². The average Bonchev–Trinajstić information content (AvgIpc) is 3.23. The van der Waals surface area contributed by atoms with E-state index in [0.29, 0.717) is 26.4 Å². The molecule has 0 fully saturated rings. The van der Waals surface area contributed by atoms with Gasteiger partial charge in [0.25, 0.3) is 0 Å². The summed E-state index contributed by atoms with van der Waals surface area (Å²) >= 11 is 0. The molecule has 0 bridgehead atoms. The lowest BCUT2D eigenvalue weighted by Crippen LogP contribution is -2.12. The first kappa shape index (κ1) is 19.6. The highest BCUT2D eigenvalue weighted by Gasteiger charge is 1.98. The minimum Gasteiger partial charge on any atom is -0.491 e. The molecule has 3 aromatic rings. The predicted octanol–water partition coefficient (Wildman–Crippen LogP) is 3.25. The molecular formula is C21H24N4O3. The summed E-state index contributed by atoms with van der Waals surface area (Å²) in [6.07, 6.45) is 4.79. The van der Waals surface area contributed by atoms with E-state index in [9.17, 15) is 0 Å². The third kappa shape index (κ3) is 6.21. The van der Waals surface area contributed by atoms with Gasteiger partial charge in [-0.3, -0.25) is 0 Å². The van der Waals surface area contributed by atoms with Gasteiger partial charge in [0, 0.05) is 0 Å². The van der Waals surface area contributed by atoms with Crippen molar-refractivity contribution in [2.75, 3.05) is 26.4 Å². The highest BCUT2D eigenvalue weighted by Crippen LogP contribution is 2.16. The highest BCUT2D eigenvalue weighted by atomic mass is 16.5. The highest BCUT2D eigenvalue weighted by molar-refractivity contribution is 5.79. The van der Waals surface area contributed by atoms with Crippen molar-refractivity contribution < 1.29 is 14.2 Å². The molecule has 0 saturated carbocycles. The van der Waals surface area contributed by atoms with Crippen LogP contribution in [0, 0.1) is 13.8 Å². The number of rotatable bonds is 10. The van der Waals surface area contributed by atoms with Crippen molar-refractivity contribution in [3.63, 3.8) is 0 Å². The summed E-state index contributed by atoms with van der Waals surface area (Å²) in [5.74, 6) is 1.66. The Kier molecular flexibility index (Phi) is 7.14.